The second-order valence-electron chi connectivity index (χ2n) is 4.60. The highest BCUT2D eigenvalue weighted by molar-refractivity contribution is 5.87. The number of carboxylic acids is 1. The van der Waals surface area contributed by atoms with Crippen molar-refractivity contribution in [3.05, 3.63) is 65.0 Å². The van der Waals surface area contributed by atoms with E-state index in [1.807, 2.05) is 24.3 Å². The maximum absolute atomic E-state index is 10.9. The molecule has 0 bridgehead atoms. The predicted octanol–water partition coefficient (Wildman–Crippen LogP) is 1.54. The number of nitrogens with zero attached hydrogens (tertiary/aromatic N) is 1. The van der Waals surface area contributed by atoms with Crippen LogP contribution in [0.25, 0.3) is 0 Å². The summed E-state index contributed by atoms with van der Waals surface area (Å²) in [4.78, 5) is 25.4. The van der Waals surface area contributed by atoms with Gasteiger partial charge in [0.15, 0.2) is 0 Å². The van der Waals surface area contributed by atoms with Crippen molar-refractivity contribution in [2.45, 2.75) is 13.0 Å². The lowest BCUT2D eigenvalue weighted by Crippen LogP contribution is -2.28. The first kappa shape index (κ1) is 14.5. The first-order chi connectivity index (χ1) is 10.0. The Balaban J connectivity index is 2.04. The molecule has 0 fully saturated rings. The minimum Gasteiger partial charge on any atom is -0.478 e. The van der Waals surface area contributed by atoms with E-state index in [1.165, 1.54) is 6.20 Å². The zero-order valence-corrected chi connectivity index (χ0v) is 11.2. The topological polar surface area (TPSA) is 105 Å². The molecule has 2 aromatic rings. The fourth-order valence-electron chi connectivity index (χ4n) is 1.90. The number of carbonyl (C=O) groups is 2. The Morgan fingerprint density at radius 1 is 1.10 bits per heavy atom. The number of rotatable bonds is 5. The Morgan fingerprint density at radius 2 is 1.76 bits per heavy atom. The third-order valence-corrected chi connectivity index (χ3v) is 2.94. The standard InChI is InChI=1S/C15H15N3O3/c16-15(21)18-8-11-3-1-10(2-4-11)5-12-6-13(14(19)20)9-17-7-12/h1-4,6-7,9H,5,8H2,(H,19,20)(H3,16,18,21). The molecule has 0 radical (unpaired) electrons. The van der Waals surface area contributed by atoms with Gasteiger partial charge in [-0.05, 0) is 29.2 Å². The smallest absolute Gasteiger partial charge is 0.337 e. The maximum Gasteiger partial charge on any atom is 0.337 e. The minimum absolute atomic E-state index is 0.176. The van der Waals surface area contributed by atoms with Crippen LogP contribution in [0.1, 0.15) is 27.0 Å². The second kappa shape index (κ2) is 6.51. The van der Waals surface area contributed by atoms with Crippen LogP contribution in [0, 0.1) is 0 Å². The normalized spacial score (nSPS) is 10.1. The van der Waals surface area contributed by atoms with Crippen LogP contribution in [0.15, 0.2) is 42.7 Å². The molecule has 6 heteroatoms. The summed E-state index contributed by atoms with van der Waals surface area (Å²) in [5.74, 6) is -0.989. The SMILES string of the molecule is NC(=O)NCc1ccc(Cc2cncc(C(=O)O)c2)cc1. The first-order valence-electron chi connectivity index (χ1n) is 6.33. The summed E-state index contributed by atoms with van der Waals surface area (Å²) < 4.78 is 0. The largest absolute Gasteiger partial charge is 0.478 e. The number of benzene rings is 1. The van der Waals surface area contributed by atoms with Gasteiger partial charge in [0.05, 0.1) is 5.56 Å². The van der Waals surface area contributed by atoms with Crippen LogP contribution >= 0.6 is 0 Å². The number of hydrogen-bond acceptors (Lipinski definition) is 3. The van der Waals surface area contributed by atoms with E-state index in [2.05, 4.69) is 10.3 Å². The molecule has 6 nitrogen and oxygen atoms in total. The van der Waals surface area contributed by atoms with Crippen LogP contribution in [-0.2, 0) is 13.0 Å². The molecule has 0 atom stereocenters. The Kier molecular flexibility index (Phi) is 4.50. The summed E-state index contributed by atoms with van der Waals surface area (Å²) in [5, 5.41) is 11.4. The quantitative estimate of drug-likeness (QED) is 0.774. The molecule has 2 amide bonds. The fraction of sp³-hybridized carbons (Fsp3) is 0.133. The van der Waals surface area contributed by atoms with E-state index in [-0.39, 0.29) is 5.56 Å². The number of carboxylic acid groups (broad SMARTS) is 1. The number of aromatic nitrogens is 1. The summed E-state index contributed by atoms with van der Waals surface area (Å²) in [5.41, 5.74) is 7.98. The Morgan fingerprint density at radius 3 is 2.38 bits per heavy atom. The van der Waals surface area contributed by atoms with E-state index < -0.39 is 12.0 Å². The van der Waals surface area contributed by atoms with E-state index in [0.717, 1.165) is 16.7 Å². The van der Waals surface area contributed by atoms with Gasteiger partial charge in [-0.15, -0.1) is 0 Å². The number of hydrogen-bond donors (Lipinski definition) is 3. The van der Waals surface area contributed by atoms with Crippen molar-refractivity contribution >= 4 is 12.0 Å². The Hall–Kier alpha value is -2.89. The molecule has 0 saturated heterocycles. The number of urea groups is 1. The number of pyridine rings is 1. The molecule has 1 heterocycles. The van der Waals surface area contributed by atoms with Crippen molar-refractivity contribution in [1.82, 2.24) is 10.3 Å². The number of amides is 2. The molecule has 21 heavy (non-hydrogen) atoms. The lowest BCUT2D eigenvalue weighted by Gasteiger charge is -2.05. The highest BCUT2D eigenvalue weighted by Gasteiger charge is 2.05. The number of primary amides is 1. The van der Waals surface area contributed by atoms with Crippen LogP contribution < -0.4 is 11.1 Å². The number of nitrogens with two attached hydrogens (primary N) is 1. The molecule has 0 aliphatic rings. The molecule has 108 valence electrons. The van der Waals surface area contributed by atoms with Crippen molar-refractivity contribution in [1.29, 1.82) is 0 Å². The van der Waals surface area contributed by atoms with Crippen molar-refractivity contribution < 1.29 is 14.7 Å². The monoisotopic (exact) mass is 285 g/mol. The highest BCUT2D eigenvalue weighted by atomic mass is 16.4. The fourth-order valence-corrected chi connectivity index (χ4v) is 1.90. The summed E-state index contributed by atoms with van der Waals surface area (Å²) in [6.07, 6.45) is 3.57. The lowest BCUT2D eigenvalue weighted by molar-refractivity contribution is 0.0696. The molecule has 1 aromatic carbocycles. The average Bonchev–Trinajstić information content (AvgIpc) is 2.47. The van der Waals surface area contributed by atoms with Gasteiger partial charge in [-0.25, -0.2) is 9.59 Å². The van der Waals surface area contributed by atoms with Gasteiger partial charge in [0.2, 0.25) is 0 Å². The summed E-state index contributed by atoms with van der Waals surface area (Å²) in [6.45, 7) is 0.381. The number of aromatic carboxylic acids is 1. The molecular weight excluding hydrogens is 270 g/mol. The molecular formula is C15H15N3O3. The summed E-state index contributed by atoms with van der Waals surface area (Å²) in [6, 6.07) is 8.67. The van der Waals surface area contributed by atoms with Crippen molar-refractivity contribution in [2.75, 3.05) is 0 Å². The van der Waals surface area contributed by atoms with Gasteiger partial charge >= 0.3 is 12.0 Å². The molecule has 0 spiro atoms. The van der Waals surface area contributed by atoms with Gasteiger partial charge in [0, 0.05) is 18.9 Å². The minimum atomic E-state index is -0.989. The van der Waals surface area contributed by atoms with Crippen molar-refractivity contribution in [3.8, 4) is 0 Å². The molecule has 1 aromatic heterocycles. The van der Waals surface area contributed by atoms with Crippen LogP contribution in [0.2, 0.25) is 0 Å². The predicted molar refractivity (Wildman–Crippen MR) is 76.9 cm³/mol. The van der Waals surface area contributed by atoms with Crippen molar-refractivity contribution in [2.24, 2.45) is 5.73 Å². The highest BCUT2D eigenvalue weighted by Crippen LogP contribution is 2.11. The van der Waals surface area contributed by atoms with Crippen molar-refractivity contribution in [3.63, 3.8) is 0 Å². The third kappa shape index (κ3) is 4.31. The summed E-state index contributed by atoms with van der Waals surface area (Å²) in [7, 11) is 0. The zero-order valence-electron chi connectivity index (χ0n) is 11.2. The molecule has 0 aliphatic heterocycles. The average molecular weight is 285 g/mol. The Bertz CT molecular complexity index is 653. The van der Waals surface area contributed by atoms with Gasteiger partial charge in [0.25, 0.3) is 0 Å². The van der Waals surface area contributed by atoms with Gasteiger partial charge in [-0.1, -0.05) is 24.3 Å². The van der Waals surface area contributed by atoms with E-state index in [0.29, 0.717) is 13.0 Å². The van der Waals surface area contributed by atoms with E-state index in [1.54, 1.807) is 12.3 Å². The number of carbonyl (C=O) groups excluding carboxylic acids is 1. The van der Waals surface area contributed by atoms with E-state index in [4.69, 9.17) is 10.8 Å². The third-order valence-electron chi connectivity index (χ3n) is 2.94. The van der Waals surface area contributed by atoms with Crippen LogP contribution in [0.4, 0.5) is 4.79 Å². The van der Waals surface area contributed by atoms with Gasteiger partial charge in [-0.3, -0.25) is 4.98 Å². The number of nitrogens with one attached hydrogen (secondary N) is 1. The van der Waals surface area contributed by atoms with Crippen LogP contribution in [0.3, 0.4) is 0 Å². The molecule has 0 saturated carbocycles. The molecule has 2 rings (SSSR count). The van der Waals surface area contributed by atoms with E-state index >= 15 is 0 Å². The van der Waals surface area contributed by atoms with Gasteiger partial charge in [0.1, 0.15) is 0 Å². The zero-order chi connectivity index (χ0) is 15.2. The Labute approximate surface area is 121 Å². The molecule has 0 aliphatic carbocycles. The van der Waals surface area contributed by atoms with Crippen LogP contribution in [-0.4, -0.2) is 22.1 Å². The van der Waals surface area contributed by atoms with Crippen LogP contribution in [0.5, 0.6) is 0 Å². The van der Waals surface area contributed by atoms with Gasteiger partial charge < -0.3 is 16.2 Å². The summed E-state index contributed by atoms with van der Waals surface area (Å²) >= 11 is 0. The molecule has 0 unspecified atom stereocenters. The molecule has 4 N–H and O–H groups in total. The first-order valence-corrected chi connectivity index (χ1v) is 6.33. The van der Waals surface area contributed by atoms with Gasteiger partial charge in [-0.2, -0.15) is 0 Å². The second-order valence-corrected chi connectivity index (χ2v) is 4.60. The van der Waals surface area contributed by atoms with E-state index in [9.17, 15) is 9.59 Å². The maximum atomic E-state index is 10.9. The lowest BCUT2D eigenvalue weighted by atomic mass is 10.0.